The van der Waals surface area contributed by atoms with E-state index in [1.165, 1.54) is 51.6 Å². The molecule has 1 aliphatic carbocycles. The largest absolute Gasteiger partial charge is 0.341 e. The van der Waals surface area contributed by atoms with E-state index in [0.717, 1.165) is 32.4 Å². The van der Waals surface area contributed by atoms with Crippen LogP contribution in [0, 0.1) is 5.92 Å². The topological polar surface area (TPSA) is 49.6 Å². The first-order valence-corrected chi connectivity index (χ1v) is 9.00. The first-order chi connectivity index (χ1) is 10.2. The Morgan fingerprint density at radius 2 is 1.86 bits per heavy atom. The van der Waals surface area contributed by atoms with E-state index in [2.05, 4.69) is 9.80 Å². The lowest BCUT2D eigenvalue weighted by molar-refractivity contribution is -0.130. The molecule has 1 saturated carbocycles. The zero-order valence-electron chi connectivity index (χ0n) is 13.3. The number of nitrogens with two attached hydrogens (primary N) is 1. The van der Waals surface area contributed by atoms with Crippen LogP contribution in [0.1, 0.15) is 57.8 Å². The van der Waals surface area contributed by atoms with Gasteiger partial charge in [-0.1, -0.05) is 12.8 Å². The van der Waals surface area contributed by atoms with Gasteiger partial charge in [0.2, 0.25) is 5.91 Å². The number of rotatable bonds is 4. The van der Waals surface area contributed by atoms with Gasteiger partial charge < -0.3 is 10.6 Å². The molecule has 0 spiro atoms. The zero-order chi connectivity index (χ0) is 14.7. The first-order valence-electron chi connectivity index (χ1n) is 9.00. The smallest absolute Gasteiger partial charge is 0.222 e. The summed E-state index contributed by atoms with van der Waals surface area (Å²) in [6, 6.07) is 1.02. The monoisotopic (exact) mass is 293 g/mol. The van der Waals surface area contributed by atoms with E-state index in [-0.39, 0.29) is 0 Å². The van der Waals surface area contributed by atoms with Gasteiger partial charge in [0.25, 0.3) is 0 Å². The number of amides is 1. The van der Waals surface area contributed by atoms with Gasteiger partial charge in [0, 0.05) is 31.6 Å². The Labute approximate surface area is 129 Å². The highest BCUT2D eigenvalue weighted by Crippen LogP contribution is 2.28. The van der Waals surface area contributed by atoms with Gasteiger partial charge in [-0.25, -0.2) is 0 Å². The average Bonchev–Trinajstić information content (AvgIpc) is 3.15. The van der Waals surface area contributed by atoms with Crippen molar-refractivity contribution in [2.45, 2.75) is 69.9 Å². The van der Waals surface area contributed by atoms with E-state index in [1.807, 2.05) is 0 Å². The normalized spacial score (nSPS) is 34.5. The summed E-state index contributed by atoms with van der Waals surface area (Å²) >= 11 is 0. The van der Waals surface area contributed by atoms with E-state index in [4.69, 9.17) is 5.73 Å². The van der Waals surface area contributed by atoms with Crippen LogP contribution in [-0.2, 0) is 4.79 Å². The van der Waals surface area contributed by atoms with Crippen molar-refractivity contribution in [2.75, 3.05) is 26.2 Å². The van der Waals surface area contributed by atoms with Gasteiger partial charge in [-0.15, -0.1) is 0 Å². The summed E-state index contributed by atoms with van der Waals surface area (Å²) in [7, 11) is 0. The predicted octanol–water partition coefficient (Wildman–Crippen LogP) is 1.98. The molecule has 0 bridgehead atoms. The molecule has 4 nitrogen and oxygen atoms in total. The minimum atomic E-state index is 0.380. The number of likely N-dealkylation sites (tertiary alicyclic amines) is 2. The Balaban J connectivity index is 1.39. The standard InChI is InChI=1S/C17H31N3O/c18-15-5-3-4-14(12-15)6-7-17(21)20-11-8-16(13-20)19-9-1-2-10-19/h14-16H,1-13,18H2. The summed E-state index contributed by atoms with van der Waals surface area (Å²) in [5.41, 5.74) is 6.04. The fraction of sp³-hybridized carbons (Fsp3) is 0.941. The number of carbonyl (C=O) groups excluding carboxylic acids is 1. The van der Waals surface area contributed by atoms with Crippen LogP contribution in [0.4, 0.5) is 0 Å². The SMILES string of the molecule is NC1CCCC(CCC(=O)N2CCC(N3CCCC3)C2)C1. The lowest BCUT2D eigenvalue weighted by Gasteiger charge is -2.27. The third-order valence-electron chi connectivity index (χ3n) is 5.76. The molecule has 21 heavy (non-hydrogen) atoms. The van der Waals surface area contributed by atoms with Crippen LogP contribution in [0.2, 0.25) is 0 Å². The molecule has 120 valence electrons. The molecule has 2 N–H and O–H groups in total. The van der Waals surface area contributed by atoms with Crippen LogP contribution in [0.5, 0.6) is 0 Å². The second-order valence-electron chi connectivity index (χ2n) is 7.36. The van der Waals surface area contributed by atoms with Crippen molar-refractivity contribution >= 4 is 5.91 Å². The quantitative estimate of drug-likeness (QED) is 0.862. The Morgan fingerprint density at radius 3 is 2.62 bits per heavy atom. The van der Waals surface area contributed by atoms with Gasteiger partial charge in [-0.05, 0) is 57.5 Å². The highest BCUT2D eigenvalue weighted by molar-refractivity contribution is 5.76. The predicted molar refractivity (Wildman–Crippen MR) is 85.0 cm³/mol. The molecule has 4 heteroatoms. The molecular formula is C17H31N3O. The van der Waals surface area contributed by atoms with Crippen molar-refractivity contribution in [3.8, 4) is 0 Å². The molecular weight excluding hydrogens is 262 g/mol. The van der Waals surface area contributed by atoms with Crippen molar-refractivity contribution in [2.24, 2.45) is 11.7 Å². The van der Waals surface area contributed by atoms with E-state index < -0.39 is 0 Å². The van der Waals surface area contributed by atoms with Crippen molar-refractivity contribution in [3.63, 3.8) is 0 Å². The van der Waals surface area contributed by atoms with Crippen LogP contribution in [-0.4, -0.2) is 54.0 Å². The van der Waals surface area contributed by atoms with Gasteiger partial charge in [0.15, 0.2) is 0 Å². The summed E-state index contributed by atoms with van der Waals surface area (Å²) in [4.78, 5) is 17.1. The molecule has 3 rings (SSSR count). The third-order valence-corrected chi connectivity index (χ3v) is 5.76. The molecule has 3 aliphatic rings. The van der Waals surface area contributed by atoms with Crippen LogP contribution >= 0.6 is 0 Å². The van der Waals surface area contributed by atoms with Crippen LogP contribution < -0.4 is 5.73 Å². The fourth-order valence-corrected chi connectivity index (χ4v) is 4.45. The Morgan fingerprint density at radius 1 is 1.05 bits per heavy atom. The zero-order valence-corrected chi connectivity index (χ0v) is 13.3. The highest BCUT2D eigenvalue weighted by Gasteiger charge is 2.31. The second-order valence-corrected chi connectivity index (χ2v) is 7.36. The summed E-state index contributed by atoms with van der Waals surface area (Å²) in [6.07, 6.45) is 10.5. The molecule has 0 aromatic heterocycles. The Bertz CT molecular complexity index is 354. The lowest BCUT2D eigenvalue weighted by Crippen LogP contribution is -2.37. The summed E-state index contributed by atoms with van der Waals surface area (Å²) in [5, 5.41) is 0. The first kappa shape index (κ1) is 15.3. The minimum Gasteiger partial charge on any atom is -0.341 e. The molecule has 0 aromatic carbocycles. The minimum absolute atomic E-state index is 0.380. The Hall–Kier alpha value is -0.610. The van der Waals surface area contributed by atoms with E-state index in [1.54, 1.807) is 0 Å². The van der Waals surface area contributed by atoms with Gasteiger partial charge in [-0.3, -0.25) is 9.69 Å². The molecule has 0 radical (unpaired) electrons. The van der Waals surface area contributed by atoms with E-state index >= 15 is 0 Å². The fourth-order valence-electron chi connectivity index (χ4n) is 4.45. The van der Waals surface area contributed by atoms with Crippen molar-refractivity contribution in [1.29, 1.82) is 0 Å². The molecule has 1 amide bonds. The molecule has 2 saturated heterocycles. The van der Waals surface area contributed by atoms with Gasteiger partial charge >= 0.3 is 0 Å². The number of hydrogen-bond acceptors (Lipinski definition) is 3. The summed E-state index contributed by atoms with van der Waals surface area (Å²) < 4.78 is 0. The molecule has 3 atom stereocenters. The third kappa shape index (κ3) is 3.98. The maximum atomic E-state index is 12.4. The van der Waals surface area contributed by atoms with Crippen LogP contribution in [0.15, 0.2) is 0 Å². The molecule has 2 heterocycles. The maximum Gasteiger partial charge on any atom is 0.222 e. The van der Waals surface area contributed by atoms with Gasteiger partial charge in [0.1, 0.15) is 0 Å². The summed E-state index contributed by atoms with van der Waals surface area (Å²) in [5.74, 6) is 1.07. The molecule has 3 fully saturated rings. The van der Waals surface area contributed by atoms with Crippen LogP contribution in [0.3, 0.4) is 0 Å². The molecule has 2 aliphatic heterocycles. The number of carbonyl (C=O) groups is 1. The lowest BCUT2D eigenvalue weighted by atomic mass is 9.83. The van der Waals surface area contributed by atoms with Crippen molar-refractivity contribution in [3.05, 3.63) is 0 Å². The number of hydrogen-bond donors (Lipinski definition) is 1. The summed E-state index contributed by atoms with van der Waals surface area (Å²) in [6.45, 7) is 4.44. The molecule has 3 unspecified atom stereocenters. The molecule has 0 aromatic rings. The van der Waals surface area contributed by atoms with Crippen LogP contribution in [0.25, 0.3) is 0 Å². The second kappa shape index (κ2) is 7.10. The number of nitrogens with zero attached hydrogens (tertiary/aromatic N) is 2. The van der Waals surface area contributed by atoms with Gasteiger partial charge in [0.05, 0.1) is 0 Å². The van der Waals surface area contributed by atoms with Crippen molar-refractivity contribution in [1.82, 2.24) is 9.80 Å². The van der Waals surface area contributed by atoms with Gasteiger partial charge in [-0.2, -0.15) is 0 Å². The van der Waals surface area contributed by atoms with E-state index in [9.17, 15) is 4.79 Å². The van der Waals surface area contributed by atoms with E-state index in [0.29, 0.717) is 23.9 Å². The maximum absolute atomic E-state index is 12.4. The highest BCUT2D eigenvalue weighted by atomic mass is 16.2. The average molecular weight is 293 g/mol. The Kier molecular flexibility index (Phi) is 5.17. The van der Waals surface area contributed by atoms with Crippen molar-refractivity contribution < 1.29 is 4.79 Å².